The van der Waals surface area contributed by atoms with Gasteiger partial charge < -0.3 is 0 Å². The molecule has 3 rings (SSSR count). The molecule has 2 saturated carbocycles. The molecule has 144 valence electrons. The molecule has 26 heavy (non-hydrogen) atoms. The van der Waals surface area contributed by atoms with Gasteiger partial charge in [-0.1, -0.05) is 76.5 Å². The van der Waals surface area contributed by atoms with E-state index in [1.54, 1.807) is 19.1 Å². The summed E-state index contributed by atoms with van der Waals surface area (Å²) in [5, 5.41) is 0. The lowest BCUT2D eigenvalue weighted by molar-refractivity contribution is 0.304. The number of hydrogen-bond donors (Lipinski definition) is 0. The number of benzene rings is 1. The van der Waals surface area contributed by atoms with Crippen LogP contribution < -0.4 is 0 Å². The van der Waals surface area contributed by atoms with Crippen LogP contribution in [0.25, 0.3) is 0 Å². The maximum Gasteiger partial charge on any atom is 0.162 e. The molecule has 0 unspecified atom stereocenters. The van der Waals surface area contributed by atoms with Crippen molar-refractivity contribution in [1.82, 2.24) is 0 Å². The average molecular weight is 377 g/mol. The fraction of sp³-hybridized carbons (Fsp3) is 0.739. The molecule has 0 spiro atoms. The maximum absolute atomic E-state index is 14.0. The number of halogens is 2. The van der Waals surface area contributed by atoms with Crippen molar-refractivity contribution in [1.29, 1.82) is 0 Å². The fourth-order valence-electron chi connectivity index (χ4n) is 4.76. The highest BCUT2D eigenvalue weighted by Crippen LogP contribution is 2.37. The number of aryl methyl sites for hydroxylation is 2. The molecule has 0 bridgehead atoms. The Morgan fingerprint density at radius 2 is 1.54 bits per heavy atom. The summed E-state index contributed by atoms with van der Waals surface area (Å²) in [6.45, 7) is 4.02. The van der Waals surface area contributed by atoms with Crippen LogP contribution in [-0.2, 0) is 6.42 Å². The van der Waals surface area contributed by atoms with Gasteiger partial charge in [-0.3, -0.25) is 0 Å². The third-order valence-electron chi connectivity index (χ3n) is 6.85. The zero-order chi connectivity index (χ0) is 18.5. The van der Waals surface area contributed by atoms with E-state index >= 15 is 0 Å². The van der Waals surface area contributed by atoms with E-state index in [4.69, 9.17) is 0 Å². The van der Waals surface area contributed by atoms with Gasteiger partial charge in [0.25, 0.3) is 0 Å². The van der Waals surface area contributed by atoms with Gasteiger partial charge in [-0.2, -0.15) is 0 Å². The Balaban J connectivity index is 1.36. The second-order valence-corrected chi connectivity index (χ2v) is 10.6. The second-order valence-electron chi connectivity index (χ2n) is 8.96. The quantitative estimate of drug-likeness (QED) is 0.463. The highest BCUT2D eigenvalue weighted by molar-refractivity contribution is 6.37. The highest BCUT2D eigenvalue weighted by Gasteiger charge is 2.24. The minimum absolute atomic E-state index is 0.403. The predicted octanol–water partition coefficient (Wildman–Crippen LogP) is 7.13. The van der Waals surface area contributed by atoms with E-state index in [-0.39, 0.29) is 0 Å². The topological polar surface area (TPSA) is 0 Å². The summed E-state index contributed by atoms with van der Waals surface area (Å²) in [5.74, 6) is 1.38. The molecule has 0 aromatic heterocycles. The third-order valence-corrected chi connectivity index (χ3v) is 8.82. The average Bonchev–Trinajstić information content (AvgIpc) is 2.66. The van der Waals surface area contributed by atoms with Crippen LogP contribution in [-0.4, -0.2) is 9.52 Å². The predicted molar refractivity (Wildman–Crippen MR) is 107 cm³/mol. The number of rotatable bonds is 6. The summed E-state index contributed by atoms with van der Waals surface area (Å²) >= 11 is 0. The van der Waals surface area contributed by atoms with Gasteiger partial charge in [0.05, 0.1) is 0 Å². The number of hydrogen-bond acceptors (Lipinski definition) is 0. The van der Waals surface area contributed by atoms with Crippen LogP contribution in [0.2, 0.25) is 11.6 Å². The minimum Gasteiger partial charge on any atom is -0.203 e. The van der Waals surface area contributed by atoms with Gasteiger partial charge in [0.2, 0.25) is 0 Å². The largest absolute Gasteiger partial charge is 0.203 e. The summed E-state index contributed by atoms with van der Waals surface area (Å²) in [4.78, 5) is 0. The zero-order valence-corrected chi connectivity index (χ0v) is 17.5. The van der Waals surface area contributed by atoms with Crippen molar-refractivity contribution in [2.24, 2.45) is 17.8 Å². The molecular formula is C23H34F2Si. The van der Waals surface area contributed by atoms with Gasteiger partial charge in [-0.15, -0.1) is 0 Å². The van der Waals surface area contributed by atoms with Crippen LogP contribution in [0.1, 0.15) is 75.8 Å². The fourth-order valence-corrected chi connectivity index (χ4v) is 6.58. The summed E-state index contributed by atoms with van der Waals surface area (Å²) in [6, 6.07) is 4.94. The van der Waals surface area contributed by atoms with E-state index in [1.807, 2.05) is 0 Å². The van der Waals surface area contributed by atoms with Crippen LogP contribution in [0.15, 0.2) is 12.1 Å². The van der Waals surface area contributed by atoms with Gasteiger partial charge in [-0.05, 0) is 54.2 Å². The summed E-state index contributed by atoms with van der Waals surface area (Å²) in [6.07, 6.45) is 12.8. The summed E-state index contributed by atoms with van der Waals surface area (Å²) in [7, 11) is 1.15. The Kier molecular flexibility index (Phi) is 7.31. The van der Waals surface area contributed by atoms with Gasteiger partial charge in [-0.25, -0.2) is 8.78 Å². The van der Waals surface area contributed by atoms with E-state index in [9.17, 15) is 8.78 Å². The molecule has 2 radical (unpaired) electrons. The molecule has 0 amide bonds. The highest BCUT2D eigenvalue weighted by atomic mass is 28.2. The molecule has 0 N–H and O–H groups in total. The van der Waals surface area contributed by atoms with E-state index in [0.29, 0.717) is 23.5 Å². The Morgan fingerprint density at radius 1 is 0.885 bits per heavy atom. The van der Waals surface area contributed by atoms with Gasteiger partial charge in [0.15, 0.2) is 11.6 Å². The molecule has 0 saturated heterocycles. The van der Waals surface area contributed by atoms with Crippen LogP contribution in [0.4, 0.5) is 8.78 Å². The van der Waals surface area contributed by atoms with Crippen molar-refractivity contribution in [3.63, 3.8) is 0 Å². The standard InChI is InChI=1S/C23H34F2Si/c1-16-3-6-19(7-4-16)15-26-21-13-9-18(10-14-21)8-12-20-11-5-17(2)22(24)23(20)25/h5,11,16,18-19,21H,3-4,6-10,12-15H2,1-2H3. The molecule has 2 aliphatic carbocycles. The van der Waals surface area contributed by atoms with Crippen molar-refractivity contribution in [2.75, 3.05) is 0 Å². The van der Waals surface area contributed by atoms with Crippen molar-refractivity contribution in [2.45, 2.75) is 89.6 Å². The monoisotopic (exact) mass is 376 g/mol. The molecule has 2 fully saturated rings. The first kappa shape index (κ1) is 20.0. The van der Waals surface area contributed by atoms with Crippen LogP contribution in [0.5, 0.6) is 0 Å². The minimum atomic E-state index is -0.662. The lowest BCUT2D eigenvalue weighted by Gasteiger charge is -2.31. The van der Waals surface area contributed by atoms with Crippen LogP contribution in [0, 0.1) is 36.3 Å². The first-order valence-corrected chi connectivity index (χ1v) is 12.0. The molecule has 0 nitrogen and oxygen atoms in total. The molecule has 3 heteroatoms. The Labute approximate surface area is 161 Å². The van der Waals surface area contributed by atoms with Crippen LogP contribution in [0.3, 0.4) is 0 Å². The van der Waals surface area contributed by atoms with Crippen molar-refractivity contribution in [3.05, 3.63) is 34.9 Å². The van der Waals surface area contributed by atoms with Gasteiger partial charge in [0, 0.05) is 9.52 Å². The van der Waals surface area contributed by atoms with E-state index in [0.717, 1.165) is 33.3 Å². The molecule has 0 heterocycles. The molecule has 0 atom stereocenters. The van der Waals surface area contributed by atoms with Crippen molar-refractivity contribution >= 4 is 9.52 Å². The lowest BCUT2D eigenvalue weighted by atomic mass is 9.84. The molecule has 0 aliphatic heterocycles. The molecule has 1 aromatic carbocycles. The first-order chi connectivity index (χ1) is 12.5. The summed E-state index contributed by atoms with van der Waals surface area (Å²) < 4.78 is 27.7. The normalized spacial score (nSPS) is 29.7. The maximum atomic E-state index is 14.0. The Bertz CT molecular complexity index is 570. The zero-order valence-electron chi connectivity index (χ0n) is 16.5. The Hall–Kier alpha value is -0.703. The van der Waals surface area contributed by atoms with E-state index in [1.165, 1.54) is 57.4 Å². The lowest BCUT2D eigenvalue weighted by Crippen LogP contribution is -2.19. The van der Waals surface area contributed by atoms with Crippen LogP contribution >= 0.6 is 0 Å². The molecule has 2 aliphatic rings. The second kappa shape index (κ2) is 9.48. The van der Waals surface area contributed by atoms with Gasteiger partial charge >= 0.3 is 0 Å². The molecule has 1 aromatic rings. The van der Waals surface area contributed by atoms with Gasteiger partial charge in [0.1, 0.15) is 0 Å². The summed E-state index contributed by atoms with van der Waals surface area (Å²) in [5.41, 5.74) is 1.91. The first-order valence-electron chi connectivity index (χ1n) is 10.7. The van der Waals surface area contributed by atoms with Crippen molar-refractivity contribution in [3.8, 4) is 0 Å². The smallest absolute Gasteiger partial charge is 0.162 e. The van der Waals surface area contributed by atoms with E-state index in [2.05, 4.69) is 6.92 Å². The SMILES string of the molecule is Cc1ccc(CCC2CCC([Si]CC3CCC(C)CC3)CC2)c(F)c1F. The molecular weight excluding hydrogens is 342 g/mol. The van der Waals surface area contributed by atoms with Crippen molar-refractivity contribution < 1.29 is 8.78 Å². The Morgan fingerprint density at radius 3 is 2.23 bits per heavy atom. The van der Waals surface area contributed by atoms with E-state index < -0.39 is 11.6 Å². The third kappa shape index (κ3) is 5.40.